The van der Waals surface area contributed by atoms with Crippen LogP contribution in [0.25, 0.3) is 0 Å². The van der Waals surface area contributed by atoms with Crippen molar-refractivity contribution in [3.63, 3.8) is 0 Å². The third-order valence-electron chi connectivity index (χ3n) is 3.57. The van der Waals surface area contributed by atoms with Crippen molar-refractivity contribution in [1.82, 2.24) is 0 Å². The van der Waals surface area contributed by atoms with E-state index in [0.717, 1.165) is 25.5 Å². The van der Waals surface area contributed by atoms with Gasteiger partial charge in [0, 0.05) is 5.41 Å². The molecule has 0 amide bonds. The summed E-state index contributed by atoms with van der Waals surface area (Å²) in [6.07, 6.45) is -10.5. The standard InChI is InChI=1S/C13H18F6O2/c1-2-20-8-11(6-4-3-5-7-11)9-21-13(18,19)10(14)12(15,16)17/h2,10H,1,3-9H2. The minimum Gasteiger partial charge on any atom is -0.501 e. The van der Waals surface area contributed by atoms with Gasteiger partial charge in [-0.3, -0.25) is 0 Å². The Morgan fingerprint density at radius 1 is 1.05 bits per heavy atom. The van der Waals surface area contributed by atoms with E-state index < -0.39 is 30.5 Å². The fourth-order valence-electron chi connectivity index (χ4n) is 2.38. The molecule has 2 nitrogen and oxygen atoms in total. The summed E-state index contributed by atoms with van der Waals surface area (Å²) in [5.41, 5.74) is -0.832. The van der Waals surface area contributed by atoms with Crippen LogP contribution >= 0.6 is 0 Å². The van der Waals surface area contributed by atoms with Crippen LogP contribution in [-0.4, -0.2) is 31.7 Å². The molecule has 1 aliphatic rings. The third kappa shape index (κ3) is 5.09. The SMILES string of the molecule is C=COCC1(COC(F)(F)C(F)C(F)(F)F)CCCCC1. The average molecular weight is 320 g/mol. The Balaban J connectivity index is 2.69. The molecule has 1 atom stereocenters. The topological polar surface area (TPSA) is 18.5 Å². The zero-order valence-corrected chi connectivity index (χ0v) is 11.4. The van der Waals surface area contributed by atoms with Crippen LogP contribution in [0.3, 0.4) is 0 Å². The van der Waals surface area contributed by atoms with Gasteiger partial charge in [0.25, 0.3) is 6.17 Å². The van der Waals surface area contributed by atoms with Crippen LogP contribution in [0.2, 0.25) is 0 Å². The zero-order chi connectivity index (χ0) is 16.1. The van der Waals surface area contributed by atoms with Gasteiger partial charge in [-0.25, -0.2) is 4.39 Å². The summed E-state index contributed by atoms with van der Waals surface area (Å²) in [5, 5.41) is 0. The highest BCUT2D eigenvalue weighted by Gasteiger charge is 2.58. The molecule has 8 heteroatoms. The largest absolute Gasteiger partial charge is 0.501 e. The molecule has 0 spiro atoms. The molecular formula is C13H18F6O2. The van der Waals surface area contributed by atoms with Crippen molar-refractivity contribution in [2.24, 2.45) is 5.41 Å². The van der Waals surface area contributed by atoms with E-state index in [2.05, 4.69) is 11.3 Å². The minimum absolute atomic E-state index is 0.00947. The van der Waals surface area contributed by atoms with Crippen LogP contribution in [0.15, 0.2) is 12.8 Å². The molecule has 124 valence electrons. The summed E-state index contributed by atoms with van der Waals surface area (Å²) in [4.78, 5) is 0. The van der Waals surface area contributed by atoms with Gasteiger partial charge in [0.05, 0.1) is 19.5 Å². The Labute approximate surface area is 119 Å². The Bertz CT molecular complexity index is 336. The Kier molecular flexibility index (Phi) is 5.95. The third-order valence-corrected chi connectivity index (χ3v) is 3.57. The summed E-state index contributed by atoms with van der Waals surface area (Å²) in [7, 11) is 0. The van der Waals surface area contributed by atoms with Gasteiger partial charge in [-0.15, -0.1) is 0 Å². The number of alkyl halides is 6. The molecule has 21 heavy (non-hydrogen) atoms. The van der Waals surface area contributed by atoms with Crippen LogP contribution in [-0.2, 0) is 9.47 Å². The summed E-state index contributed by atoms with van der Waals surface area (Å²) in [6.45, 7) is 2.64. The van der Waals surface area contributed by atoms with Gasteiger partial charge >= 0.3 is 12.3 Å². The quantitative estimate of drug-likeness (QED) is 0.504. The minimum atomic E-state index is -5.67. The summed E-state index contributed by atoms with van der Waals surface area (Å²) in [6, 6.07) is 0. The Hall–Kier alpha value is -0.920. The molecule has 1 unspecified atom stereocenters. The number of hydrogen-bond acceptors (Lipinski definition) is 2. The molecule has 1 fully saturated rings. The zero-order valence-electron chi connectivity index (χ0n) is 11.4. The van der Waals surface area contributed by atoms with Crippen molar-refractivity contribution in [3.8, 4) is 0 Å². The lowest BCUT2D eigenvalue weighted by atomic mass is 9.75. The monoisotopic (exact) mass is 320 g/mol. The maximum Gasteiger partial charge on any atom is 0.428 e. The lowest BCUT2D eigenvalue weighted by Gasteiger charge is -2.37. The lowest BCUT2D eigenvalue weighted by molar-refractivity contribution is -0.343. The van der Waals surface area contributed by atoms with Crippen LogP contribution in [0, 0.1) is 5.41 Å². The number of ether oxygens (including phenoxy) is 2. The van der Waals surface area contributed by atoms with E-state index in [9.17, 15) is 26.3 Å². The summed E-state index contributed by atoms with van der Waals surface area (Å²) >= 11 is 0. The fraction of sp³-hybridized carbons (Fsp3) is 0.846. The van der Waals surface area contributed by atoms with E-state index in [1.54, 1.807) is 0 Å². The molecular weight excluding hydrogens is 302 g/mol. The maximum absolute atomic E-state index is 13.2. The van der Waals surface area contributed by atoms with E-state index in [0.29, 0.717) is 12.8 Å². The second-order valence-electron chi connectivity index (χ2n) is 5.29. The van der Waals surface area contributed by atoms with Crippen LogP contribution in [0.4, 0.5) is 26.3 Å². The number of hydrogen-bond donors (Lipinski definition) is 0. The molecule has 0 bridgehead atoms. The highest BCUT2D eigenvalue weighted by molar-refractivity contribution is 4.85. The molecule has 0 N–H and O–H groups in total. The first-order chi connectivity index (χ1) is 9.63. The molecule has 0 heterocycles. The summed E-state index contributed by atoms with van der Waals surface area (Å²) in [5.74, 6) is 0. The highest BCUT2D eigenvalue weighted by Crippen LogP contribution is 2.41. The van der Waals surface area contributed by atoms with Gasteiger partial charge in [-0.1, -0.05) is 25.8 Å². The van der Waals surface area contributed by atoms with Gasteiger partial charge < -0.3 is 9.47 Å². The van der Waals surface area contributed by atoms with E-state index in [1.165, 1.54) is 0 Å². The molecule has 0 aromatic rings. The first kappa shape index (κ1) is 18.1. The summed E-state index contributed by atoms with van der Waals surface area (Å²) < 4.78 is 84.2. The predicted octanol–water partition coefficient (Wildman–Crippen LogP) is 4.61. The average Bonchev–Trinajstić information content (AvgIpc) is 2.42. The Morgan fingerprint density at radius 3 is 2.10 bits per heavy atom. The van der Waals surface area contributed by atoms with Crippen LogP contribution in [0.5, 0.6) is 0 Å². The van der Waals surface area contributed by atoms with Crippen molar-refractivity contribution < 1.29 is 35.8 Å². The molecule has 0 radical (unpaired) electrons. The fourth-order valence-corrected chi connectivity index (χ4v) is 2.38. The first-order valence-corrected chi connectivity index (χ1v) is 6.58. The smallest absolute Gasteiger partial charge is 0.428 e. The highest BCUT2D eigenvalue weighted by atomic mass is 19.4. The van der Waals surface area contributed by atoms with Gasteiger partial charge in [-0.05, 0) is 12.8 Å². The molecule has 1 saturated carbocycles. The first-order valence-electron chi connectivity index (χ1n) is 6.58. The molecule has 0 saturated heterocycles. The van der Waals surface area contributed by atoms with Crippen molar-refractivity contribution in [2.75, 3.05) is 13.2 Å². The van der Waals surface area contributed by atoms with Crippen molar-refractivity contribution >= 4 is 0 Å². The van der Waals surface area contributed by atoms with Gasteiger partial charge in [-0.2, -0.15) is 22.0 Å². The van der Waals surface area contributed by atoms with E-state index >= 15 is 0 Å². The van der Waals surface area contributed by atoms with E-state index in [4.69, 9.17) is 4.74 Å². The predicted molar refractivity (Wildman–Crippen MR) is 63.5 cm³/mol. The van der Waals surface area contributed by atoms with Gasteiger partial charge in [0.15, 0.2) is 0 Å². The van der Waals surface area contributed by atoms with Crippen molar-refractivity contribution in [1.29, 1.82) is 0 Å². The number of halogens is 6. The van der Waals surface area contributed by atoms with Crippen molar-refractivity contribution in [2.45, 2.75) is 50.6 Å². The van der Waals surface area contributed by atoms with Gasteiger partial charge in [0.1, 0.15) is 0 Å². The van der Waals surface area contributed by atoms with Crippen molar-refractivity contribution in [3.05, 3.63) is 12.8 Å². The molecule has 0 aliphatic heterocycles. The van der Waals surface area contributed by atoms with E-state index in [1.807, 2.05) is 0 Å². The Morgan fingerprint density at radius 2 is 1.62 bits per heavy atom. The maximum atomic E-state index is 13.2. The molecule has 0 aromatic heterocycles. The molecule has 0 aromatic carbocycles. The van der Waals surface area contributed by atoms with E-state index in [-0.39, 0.29) is 6.61 Å². The van der Waals surface area contributed by atoms with Crippen LogP contribution in [0.1, 0.15) is 32.1 Å². The number of rotatable bonds is 7. The molecule has 1 rings (SSSR count). The molecule has 1 aliphatic carbocycles. The van der Waals surface area contributed by atoms with Crippen LogP contribution < -0.4 is 0 Å². The van der Waals surface area contributed by atoms with Gasteiger partial charge in [0.2, 0.25) is 0 Å². The second-order valence-corrected chi connectivity index (χ2v) is 5.29. The normalized spacial score (nSPS) is 20.9. The second kappa shape index (κ2) is 6.89. The lowest BCUT2D eigenvalue weighted by Crippen LogP contribution is -2.46.